The monoisotopic (exact) mass is 257 g/mol. The highest BCUT2D eigenvalue weighted by Crippen LogP contribution is 2.40. The molecule has 0 spiro atoms. The van der Waals surface area contributed by atoms with Crippen molar-refractivity contribution in [2.45, 2.75) is 37.6 Å². The summed E-state index contributed by atoms with van der Waals surface area (Å²) in [5.74, 6) is -0.824. The van der Waals surface area contributed by atoms with Gasteiger partial charge in [0, 0.05) is 0 Å². The Morgan fingerprint density at radius 3 is 2.24 bits per heavy atom. The zero-order valence-corrected chi connectivity index (χ0v) is 10.3. The Kier molecular flexibility index (Phi) is 3.42. The quantitative estimate of drug-likeness (QED) is 0.759. The highest BCUT2D eigenvalue weighted by molar-refractivity contribution is 8.00. The van der Waals surface area contributed by atoms with Gasteiger partial charge in [-0.3, -0.25) is 19.3 Å². The van der Waals surface area contributed by atoms with E-state index in [1.807, 2.05) is 0 Å². The largest absolute Gasteiger partial charge is 0.481 e. The Bertz CT molecular complexity index is 346. The molecule has 1 saturated carbocycles. The van der Waals surface area contributed by atoms with Crippen LogP contribution in [0.15, 0.2) is 0 Å². The molecule has 5 nitrogen and oxygen atoms in total. The van der Waals surface area contributed by atoms with Crippen LogP contribution in [0.25, 0.3) is 0 Å². The number of carboxylic acids is 1. The summed E-state index contributed by atoms with van der Waals surface area (Å²) in [7, 11) is 0. The minimum absolute atomic E-state index is 0.116. The molecule has 0 aromatic carbocycles. The van der Waals surface area contributed by atoms with E-state index in [-0.39, 0.29) is 29.7 Å². The van der Waals surface area contributed by atoms with Crippen molar-refractivity contribution in [3.8, 4) is 0 Å². The van der Waals surface area contributed by atoms with E-state index < -0.39 is 11.5 Å². The zero-order chi connectivity index (χ0) is 12.5. The van der Waals surface area contributed by atoms with Crippen molar-refractivity contribution < 1.29 is 19.5 Å². The van der Waals surface area contributed by atoms with Crippen molar-refractivity contribution in [2.24, 2.45) is 0 Å². The summed E-state index contributed by atoms with van der Waals surface area (Å²) in [5.41, 5.74) is -0.749. The Morgan fingerprint density at radius 2 is 1.76 bits per heavy atom. The van der Waals surface area contributed by atoms with Crippen molar-refractivity contribution in [2.75, 3.05) is 11.5 Å². The molecule has 0 unspecified atom stereocenters. The molecular formula is C11H15NO4S. The van der Waals surface area contributed by atoms with Crippen LogP contribution in [0.2, 0.25) is 0 Å². The third-order valence-electron chi connectivity index (χ3n) is 3.44. The third-order valence-corrected chi connectivity index (χ3v) is 4.34. The molecule has 2 rings (SSSR count). The molecular weight excluding hydrogens is 242 g/mol. The highest BCUT2D eigenvalue weighted by atomic mass is 32.2. The summed E-state index contributed by atoms with van der Waals surface area (Å²) >= 11 is 1.30. The number of carbonyl (C=O) groups is 3. The summed E-state index contributed by atoms with van der Waals surface area (Å²) in [4.78, 5) is 36.0. The van der Waals surface area contributed by atoms with Crippen LogP contribution in [0.1, 0.15) is 32.1 Å². The van der Waals surface area contributed by atoms with Gasteiger partial charge in [-0.2, -0.15) is 0 Å². The van der Waals surface area contributed by atoms with Crippen molar-refractivity contribution >= 4 is 29.5 Å². The lowest BCUT2D eigenvalue weighted by atomic mass is 9.90. The van der Waals surface area contributed by atoms with Crippen molar-refractivity contribution in [1.82, 2.24) is 4.90 Å². The molecule has 17 heavy (non-hydrogen) atoms. The fourth-order valence-electron chi connectivity index (χ4n) is 2.82. The van der Waals surface area contributed by atoms with Gasteiger partial charge in [0.1, 0.15) is 0 Å². The van der Waals surface area contributed by atoms with Crippen molar-refractivity contribution in [1.29, 1.82) is 0 Å². The van der Waals surface area contributed by atoms with Gasteiger partial charge in [-0.25, -0.2) is 0 Å². The first kappa shape index (κ1) is 12.4. The van der Waals surface area contributed by atoms with Crippen LogP contribution in [0.5, 0.6) is 0 Å². The molecule has 1 saturated heterocycles. The van der Waals surface area contributed by atoms with E-state index >= 15 is 0 Å². The molecule has 1 N–H and O–H groups in total. The molecule has 1 aliphatic carbocycles. The van der Waals surface area contributed by atoms with Gasteiger partial charge in [-0.05, 0) is 12.8 Å². The molecule has 1 heterocycles. The maximum Gasteiger partial charge on any atom is 0.305 e. The van der Waals surface area contributed by atoms with Crippen LogP contribution >= 0.6 is 11.8 Å². The SMILES string of the molecule is O=C(O)CC1(N2C(=O)CSCC2=O)CCCC1. The minimum Gasteiger partial charge on any atom is -0.481 e. The molecule has 2 amide bonds. The molecule has 6 heteroatoms. The van der Waals surface area contributed by atoms with Crippen molar-refractivity contribution in [3.63, 3.8) is 0 Å². The van der Waals surface area contributed by atoms with Gasteiger partial charge in [0.2, 0.25) is 11.8 Å². The summed E-state index contributed by atoms with van der Waals surface area (Å²) < 4.78 is 0. The number of hydrogen-bond acceptors (Lipinski definition) is 4. The van der Waals surface area contributed by atoms with E-state index in [0.29, 0.717) is 12.8 Å². The lowest BCUT2D eigenvalue weighted by Crippen LogP contribution is -2.57. The molecule has 0 aromatic heterocycles. The smallest absolute Gasteiger partial charge is 0.305 e. The first-order valence-corrected chi connectivity index (χ1v) is 6.86. The zero-order valence-electron chi connectivity index (χ0n) is 9.48. The number of nitrogens with zero attached hydrogens (tertiary/aromatic N) is 1. The van der Waals surface area contributed by atoms with Crippen LogP contribution in [-0.4, -0.2) is 44.8 Å². The summed E-state index contributed by atoms with van der Waals surface area (Å²) in [6, 6.07) is 0. The van der Waals surface area contributed by atoms with Crippen molar-refractivity contribution in [3.05, 3.63) is 0 Å². The summed E-state index contributed by atoms with van der Waals surface area (Å²) in [5, 5.41) is 8.99. The fraction of sp³-hybridized carbons (Fsp3) is 0.727. The van der Waals surface area contributed by atoms with Gasteiger partial charge in [-0.1, -0.05) is 12.8 Å². The van der Waals surface area contributed by atoms with Gasteiger partial charge >= 0.3 is 5.97 Å². The average Bonchev–Trinajstić information content (AvgIpc) is 2.65. The molecule has 2 aliphatic rings. The average molecular weight is 257 g/mol. The van der Waals surface area contributed by atoms with Crippen LogP contribution in [0.3, 0.4) is 0 Å². The first-order chi connectivity index (χ1) is 8.05. The molecule has 0 aromatic rings. The van der Waals surface area contributed by atoms with E-state index in [2.05, 4.69) is 0 Å². The topological polar surface area (TPSA) is 74.7 Å². The molecule has 1 aliphatic heterocycles. The van der Waals surface area contributed by atoms with E-state index in [1.54, 1.807) is 0 Å². The molecule has 0 atom stereocenters. The molecule has 2 fully saturated rings. The van der Waals surface area contributed by atoms with E-state index in [4.69, 9.17) is 5.11 Å². The maximum atomic E-state index is 11.9. The Labute approximate surface area is 104 Å². The lowest BCUT2D eigenvalue weighted by Gasteiger charge is -2.40. The van der Waals surface area contributed by atoms with E-state index in [1.165, 1.54) is 16.7 Å². The van der Waals surface area contributed by atoms with Crippen LogP contribution < -0.4 is 0 Å². The predicted molar refractivity (Wildman–Crippen MR) is 62.6 cm³/mol. The highest BCUT2D eigenvalue weighted by Gasteiger charge is 2.47. The maximum absolute atomic E-state index is 11.9. The standard InChI is InChI=1S/C11H15NO4S/c13-8-6-17-7-9(14)12(8)11(5-10(15)16)3-1-2-4-11/h1-7H2,(H,15,16). The lowest BCUT2D eigenvalue weighted by molar-refractivity contribution is -0.153. The van der Waals surface area contributed by atoms with Gasteiger partial charge in [0.15, 0.2) is 0 Å². The normalized spacial score (nSPS) is 24.1. The number of rotatable bonds is 3. The van der Waals surface area contributed by atoms with Crippen LogP contribution in [-0.2, 0) is 14.4 Å². The summed E-state index contributed by atoms with van der Waals surface area (Å²) in [6.07, 6.45) is 2.91. The summed E-state index contributed by atoms with van der Waals surface area (Å²) in [6.45, 7) is 0. The number of imide groups is 1. The number of thioether (sulfide) groups is 1. The molecule has 94 valence electrons. The van der Waals surface area contributed by atoms with E-state index in [0.717, 1.165) is 12.8 Å². The second-order valence-corrected chi connectivity index (χ2v) is 5.60. The van der Waals surface area contributed by atoms with Gasteiger partial charge in [-0.15, -0.1) is 11.8 Å². The Balaban J connectivity index is 2.28. The number of aliphatic carboxylic acids is 1. The Morgan fingerprint density at radius 1 is 1.24 bits per heavy atom. The van der Waals surface area contributed by atoms with E-state index in [9.17, 15) is 14.4 Å². The van der Waals surface area contributed by atoms with Gasteiger partial charge in [0.05, 0.1) is 23.5 Å². The van der Waals surface area contributed by atoms with Gasteiger partial charge in [0.25, 0.3) is 0 Å². The number of carboxylic acid groups (broad SMARTS) is 1. The van der Waals surface area contributed by atoms with Crippen LogP contribution in [0.4, 0.5) is 0 Å². The second-order valence-electron chi connectivity index (χ2n) is 4.62. The second kappa shape index (κ2) is 4.68. The fourth-order valence-corrected chi connectivity index (χ4v) is 3.53. The third kappa shape index (κ3) is 2.31. The van der Waals surface area contributed by atoms with Gasteiger partial charge < -0.3 is 5.11 Å². The molecule has 0 bridgehead atoms. The minimum atomic E-state index is -0.939. The number of amides is 2. The molecule has 0 radical (unpaired) electrons. The first-order valence-electron chi connectivity index (χ1n) is 5.71. The van der Waals surface area contributed by atoms with Crippen LogP contribution in [0, 0.1) is 0 Å². The number of hydrogen-bond donors (Lipinski definition) is 1. The number of carbonyl (C=O) groups excluding carboxylic acids is 2. The predicted octanol–water partition coefficient (Wildman–Crippen LogP) is 0.876. The Hall–Kier alpha value is -1.04.